The first kappa shape index (κ1) is 17.0. The van der Waals surface area contributed by atoms with E-state index >= 15 is 0 Å². The van der Waals surface area contributed by atoms with E-state index in [9.17, 15) is 14.9 Å². The van der Waals surface area contributed by atoms with Crippen molar-refractivity contribution >= 4 is 40.5 Å². The van der Waals surface area contributed by atoms with Crippen LogP contribution < -0.4 is 5.32 Å². The van der Waals surface area contributed by atoms with E-state index in [2.05, 4.69) is 5.32 Å². The van der Waals surface area contributed by atoms with Crippen LogP contribution in [-0.2, 0) is 0 Å². The fourth-order valence-electron chi connectivity index (χ4n) is 2.17. The molecule has 1 heterocycles. The molecule has 1 amide bonds. The molecule has 0 radical (unpaired) electrons. The van der Waals surface area contributed by atoms with Gasteiger partial charge in [0.05, 0.1) is 20.7 Å². The quantitative estimate of drug-likeness (QED) is 0.486. The summed E-state index contributed by atoms with van der Waals surface area (Å²) in [6, 6.07) is 13.8. The van der Waals surface area contributed by atoms with Crippen molar-refractivity contribution in [2.75, 3.05) is 5.32 Å². The second-order valence-electron chi connectivity index (χ2n) is 5.03. The highest BCUT2D eigenvalue weighted by Crippen LogP contribution is 2.30. The topological polar surface area (TPSA) is 85.4 Å². The first-order valence-corrected chi connectivity index (χ1v) is 7.81. The van der Waals surface area contributed by atoms with Crippen LogP contribution in [0.15, 0.2) is 59.0 Å². The summed E-state index contributed by atoms with van der Waals surface area (Å²) in [7, 11) is 0. The molecule has 3 rings (SSSR count). The molecule has 0 saturated carbocycles. The molecule has 0 spiro atoms. The van der Waals surface area contributed by atoms with Crippen LogP contribution in [0, 0.1) is 10.1 Å². The molecule has 6 nitrogen and oxygen atoms in total. The number of hydrogen-bond acceptors (Lipinski definition) is 4. The molecule has 0 unspecified atom stereocenters. The zero-order valence-corrected chi connectivity index (χ0v) is 14.0. The van der Waals surface area contributed by atoms with Gasteiger partial charge in [0.2, 0.25) is 0 Å². The van der Waals surface area contributed by atoms with Crippen molar-refractivity contribution in [3.63, 3.8) is 0 Å². The highest BCUT2D eigenvalue weighted by atomic mass is 35.5. The lowest BCUT2D eigenvalue weighted by molar-refractivity contribution is -0.384. The maximum absolute atomic E-state index is 12.3. The molecule has 0 bridgehead atoms. The zero-order chi connectivity index (χ0) is 18.0. The Bertz CT molecular complexity index is 969. The van der Waals surface area contributed by atoms with Crippen LogP contribution in [0.3, 0.4) is 0 Å². The Kier molecular flexibility index (Phi) is 4.74. The lowest BCUT2D eigenvalue weighted by atomic mass is 10.1. The zero-order valence-electron chi connectivity index (χ0n) is 12.5. The first-order chi connectivity index (χ1) is 12.0. The lowest BCUT2D eigenvalue weighted by Crippen LogP contribution is -2.11. The predicted molar refractivity (Wildman–Crippen MR) is 95.2 cm³/mol. The molecular formula is C17H10Cl2N2O4. The van der Waals surface area contributed by atoms with Crippen molar-refractivity contribution in [1.29, 1.82) is 0 Å². The number of rotatable bonds is 4. The second kappa shape index (κ2) is 6.96. The Morgan fingerprint density at radius 3 is 2.60 bits per heavy atom. The van der Waals surface area contributed by atoms with Crippen LogP contribution in [0.1, 0.15) is 10.6 Å². The average molecular weight is 377 g/mol. The van der Waals surface area contributed by atoms with Gasteiger partial charge in [-0.15, -0.1) is 0 Å². The number of non-ortho nitro benzene ring substituents is 1. The summed E-state index contributed by atoms with van der Waals surface area (Å²) in [4.78, 5) is 22.6. The number of amides is 1. The first-order valence-electron chi connectivity index (χ1n) is 7.06. The third-order valence-electron chi connectivity index (χ3n) is 3.37. The molecule has 2 aromatic carbocycles. The molecule has 0 aliphatic rings. The fourth-order valence-corrected chi connectivity index (χ4v) is 2.52. The molecule has 0 aliphatic heterocycles. The maximum atomic E-state index is 12.3. The smallest absolute Gasteiger partial charge is 0.291 e. The van der Waals surface area contributed by atoms with Gasteiger partial charge in [-0.1, -0.05) is 41.4 Å². The number of furan rings is 1. The minimum atomic E-state index is -0.513. The van der Waals surface area contributed by atoms with Gasteiger partial charge in [0, 0.05) is 17.7 Å². The fraction of sp³-hybridized carbons (Fsp3) is 0. The number of nitro benzene ring substituents is 1. The standard InChI is InChI=1S/C17H10Cl2N2O4/c18-12-5-2-6-13(16(12)19)20-17(22)15-8-7-14(25-15)10-3-1-4-11(9-10)21(23)24/h1-9H,(H,20,22). The van der Waals surface area contributed by atoms with Crippen molar-refractivity contribution in [3.8, 4) is 11.3 Å². The number of halogens is 2. The third-order valence-corrected chi connectivity index (χ3v) is 4.19. The molecular weight excluding hydrogens is 367 g/mol. The van der Waals surface area contributed by atoms with Gasteiger partial charge in [0.25, 0.3) is 11.6 Å². The molecule has 126 valence electrons. The summed E-state index contributed by atoms with van der Waals surface area (Å²) < 4.78 is 5.50. The molecule has 0 aliphatic carbocycles. The van der Waals surface area contributed by atoms with Gasteiger partial charge >= 0.3 is 0 Å². The van der Waals surface area contributed by atoms with Crippen molar-refractivity contribution in [2.24, 2.45) is 0 Å². The van der Waals surface area contributed by atoms with Gasteiger partial charge < -0.3 is 9.73 Å². The van der Waals surface area contributed by atoms with E-state index in [1.54, 1.807) is 36.4 Å². The maximum Gasteiger partial charge on any atom is 0.291 e. The number of carbonyl (C=O) groups is 1. The average Bonchev–Trinajstić information content (AvgIpc) is 3.09. The Labute approximate surface area is 152 Å². The summed E-state index contributed by atoms with van der Waals surface area (Å²) >= 11 is 11.9. The van der Waals surface area contributed by atoms with E-state index in [0.29, 0.717) is 22.0 Å². The van der Waals surface area contributed by atoms with Crippen molar-refractivity contribution in [2.45, 2.75) is 0 Å². The van der Waals surface area contributed by atoms with Crippen LogP contribution in [0.25, 0.3) is 11.3 Å². The van der Waals surface area contributed by atoms with E-state index in [1.807, 2.05) is 0 Å². The van der Waals surface area contributed by atoms with Gasteiger partial charge in [0.15, 0.2) is 5.76 Å². The minimum Gasteiger partial charge on any atom is -0.451 e. The highest BCUT2D eigenvalue weighted by Gasteiger charge is 2.16. The number of carbonyl (C=O) groups excluding carboxylic acids is 1. The van der Waals surface area contributed by atoms with E-state index < -0.39 is 10.8 Å². The Balaban J connectivity index is 1.83. The van der Waals surface area contributed by atoms with Crippen LogP contribution in [-0.4, -0.2) is 10.8 Å². The SMILES string of the molecule is O=C(Nc1cccc(Cl)c1Cl)c1ccc(-c2cccc([N+](=O)[O-])c2)o1. The Morgan fingerprint density at radius 1 is 1.08 bits per heavy atom. The summed E-state index contributed by atoms with van der Waals surface area (Å²) in [5.41, 5.74) is 0.784. The van der Waals surface area contributed by atoms with Crippen molar-refractivity contribution < 1.29 is 14.1 Å². The number of nitrogens with one attached hydrogen (secondary N) is 1. The van der Waals surface area contributed by atoms with E-state index in [1.165, 1.54) is 18.2 Å². The van der Waals surface area contributed by atoms with Gasteiger partial charge in [-0.2, -0.15) is 0 Å². The monoisotopic (exact) mass is 376 g/mol. The highest BCUT2D eigenvalue weighted by molar-refractivity contribution is 6.44. The summed E-state index contributed by atoms with van der Waals surface area (Å²) in [6.07, 6.45) is 0. The van der Waals surface area contributed by atoms with E-state index in [0.717, 1.165) is 0 Å². The Morgan fingerprint density at radius 2 is 1.84 bits per heavy atom. The minimum absolute atomic E-state index is 0.0394. The summed E-state index contributed by atoms with van der Waals surface area (Å²) in [5.74, 6) is -0.135. The number of nitro groups is 1. The van der Waals surface area contributed by atoms with Crippen molar-refractivity contribution in [3.05, 3.63) is 80.5 Å². The second-order valence-corrected chi connectivity index (χ2v) is 5.81. The van der Waals surface area contributed by atoms with Crippen LogP contribution in [0.5, 0.6) is 0 Å². The third kappa shape index (κ3) is 3.65. The van der Waals surface area contributed by atoms with E-state index in [4.69, 9.17) is 27.6 Å². The molecule has 0 atom stereocenters. The van der Waals surface area contributed by atoms with Gasteiger partial charge in [-0.05, 0) is 24.3 Å². The largest absolute Gasteiger partial charge is 0.451 e. The molecule has 3 aromatic rings. The molecule has 25 heavy (non-hydrogen) atoms. The van der Waals surface area contributed by atoms with Crippen molar-refractivity contribution in [1.82, 2.24) is 0 Å². The predicted octanol–water partition coefficient (Wildman–Crippen LogP) is 5.41. The van der Waals surface area contributed by atoms with Crippen LogP contribution in [0.2, 0.25) is 10.0 Å². The summed E-state index contributed by atoms with van der Waals surface area (Å²) in [6.45, 7) is 0. The van der Waals surface area contributed by atoms with Crippen LogP contribution in [0.4, 0.5) is 11.4 Å². The number of anilines is 1. The normalized spacial score (nSPS) is 10.5. The van der Waals surface area contributed by atoms with Crippen LogP contribution >= 0.6 is 23.2 Å². The van der Waals surface area contributed by atoms with Gasteiger partial charge in [-0.25, -0.2) is 0 Å². The number of benzene rings is 2. The molecule has 1 N–H and O–H groups in total. The molecule has 1 aromatic heterocycles. The molecule has 0 fully saturated rings. The van der Waals surface area contributed by atoms with E-state index in [-0.39, 0.29) is 16.5 Å². The number of hydrogen-bond donors (Lipinski definition) is 1. The number of nitrogens with zero attached hydrogens (tertiary/aromatic N) is 1. The summed E-state index contributed by atoms with van der Waals surface area (Å²) in [5, 5.41) is 14.0. The van der Waals surface area contributed by atoms with Gasteiger partial charge in [0.1, 0.15) is 5.76 Å². The van der Waals surface area contributed by atoms with Gasteiger partial charge in [-0.3, -0.25) is 14.9 Å². The molecule has 8 heteroatoms. The molecule has 0 saturated heterocycles. The lowest BCUT2D eigenvalue weighted by Gasteiger charge is -2.06. The Hall–Kier alpha value is -2.83.